The number of piperidine rings is 1. The normalized spacial score (nSPS) is 19.7. The summed E-state index contributed by atoms with van der Waals surface area (Å²) in [4.78, 5) is 38.4. The van der Waals surface area contributed by atoms with Gasteiger partial charge in [0.25, 0.3) is 0 Å². The van der Waals surface area contributed by atoms with Gasteiger partial charge in [0.1, 0.15) is 6.04 Å². The number of carbonyl (C=O) groups is 2. The lowest BCUT2D eigenvalue weighted by molar-refractivity contribution is -0.289. The monoisotopic (exact) mass is 527 g/mol. The van der Waals surface area contributed by atoms with Crippen LogP contribution < -0.4 is 10.7 Å². The Kier molecular flexibility index (Phi) is 9.06. The maximum absolute atomic E-state index is 12.6. The van der Waals surface area contributed by atoms with Crippen LogP contribution in [0.1, 0.15) is 44.7 Å². The number of piperazine rings is 1. The number of hydrogen-bond acceptors (Lipinski definition) is 9. The molecule has 1 aromatic carbocycles. The molecule has 0 radical (unpaired) electrons. The molecule has 0 amide bonds. The molecular weight excluding hydrogens is 491 g/mol. The van der Waals surface area contributed by atoms with Crippen LogP contribution in [0.15, 0.2) is 23.3 Å². The van der Waals surface area contributed by atoms with Gasteiger partial charge in [-0.3, -0.25) is 9.80 Å². The topological polar surface area (TPSA) is 101 Å². The Hall–Kier alpha value is -2.86. The fraction of sp³-hybridized carbons (Fsp3) is 0.640. The number of nitrogens with zero attached hydrogens (tertiary/aromatic N) is 4. The number of carbonyl (C=O) groups excluding carboxylic acids is 2. The molecule has 206 valence electrons. The van der Waals surface area contributed by atoms with Crippen LogP contribution in [0.3, 0.4) is 0 Å². The number of aryl methyl sites for hydroxylation is 1. The smallest absolute Gasteiger partial charge is 0.369 e. The maximum Gasteiger partial charge on any atom is 0.495 e. The predicted octanol–water partition coefficient (Wildman–Crippen LogP) is 2.85. The van der Waals surface area contributed by atoms with E-state index in [-0.39, 0.29) is 0 Å². The van der Waals surface area contributed by atoms with E-state index in [4.69, 9.17) is 5.84 Å². The van der Waals surface area contributed by atoms with Gasteiger partial charge < -0.3 is 10.7 Å². The number of anilines is 1. The van der Waals surface area contributed by atoms with Gasteiger partial charge in [-0.25, -0.2) is 19.4 Å². The second kappa shape index (κ2) is 11.7. The molecule has 2 aliphatic heterocycles. The van der Waals surface area contributed by atoms with E-state index in [1.807, 2.05) is 11.0 Å². The molecule has 2 fully saturated rings. The fourth-order valence-corrected chi connectivity index (χ4v) is 5.26. The first-order valence-electron chi connectivity index (χ1n) is 12.4. The number of alkyl halides is 3. The predicted molar refractivity (Wildman–Crippen MR) is 133 cm³/mol. The van der Waals surface area contributed by atoms with Crippen LogP contribution in [0.4, 0.5) is 18.9 Å². The van der Waals surface area contributed by atoms with Gasteiger partial charge in [0.2, 0.25) is 0 Å². The van der Waals surface area contributed by atoms with E-state index in [1.165, 1.54) is 11.3 Å². The number of hydrazone groups is 1. The van der Waals surface area contributed by atoms with Crippen molar-refractivity contribution in [2.75, 3.05) is 44.2 Å². The van der Waals surface area contributed by atoms with Crippen molar-refractivity contribution >= 4 is 23.8 Å². The van der Waals surface area contributed by atoms with Crippen molar-refractivity contribution in [1.29, 1.82) is 0 Å². The van der Waals surface area contributed by atoms with Gasteiger partial charge in [0.05, 0.1) is 6.21 Å². The van der Waals surface area contributed by atoms with Crippen molar-refractivity contribution in [2.24, 2.45) is 16.4 Å². The Morgan fingerprint density at radius 2 is 1.68 bits per heavy atom. The molecule has 12 heteroatoms. The molecule has 0 bridgehead atoms. The van der Waals surface area contributed by atoms with E-state index in [2.05, 4.69) is 43.7 Å². The number of benzene rings is 1. The minimum absolute atomic E-state index is 0.349. The molecule has 1 aromatic rings. The van der Waals surface area contributed by atoms with Crippen LogP contribution in [0.2, 0.25) is 0 Å². The summed E-state index contributed by atoms with van der Waals surface area (Å²) in [5, 5.41) is 3.58. The number of rotatable bonds is 5. The number of hydrogen-bond donors (Lipinski definition) is 1. The van der Waals surface area contributed by atoms with Crippen LogP contribution in [0.25, 0.3) is 0 Å². The van der Waals surface area contributed by atoms with Crippen molar-refractivity contribution in [3.05, 3.63) is 29.3 Å². The quantitative estimate of drug-likeness (QED) is 0.270. The van der Waals surface area contributed by atoms with Crippen LogP contribution >= 0.6 is 0 Å². The highest BCUT2D eigenvalue weighted by Gasteiger charge is 2.45. The third-order valence-electron chi connectivity index (χ3n) is 6.95. The summed E-state index contributed by atoms with van der Waals surface area (Å²) >= 11 is 0. The third kappa shape index (κ3) is 7.35. The standard InChI is InChI=1S/C25H36F3N5O4/c1-17-15-18(16-30-29)5-6-20(17)32-13-11-31(12-14-32)19-7-9-33(10-8-19)21(24(2,3)4)22(34)36-37-23(35)25(26,27)28/h5-6,15-16,19,21H,7-14,29H2,1-4H3/b30-16+. The SMILES string of the molecule is Cc1cc(/C=N/N)ccc1N1CCN(C2CCN(C(C(=O)OOC(=O)C(F)(F)F)C(C)(C)C)CC2)CC1. The largest absolute Gasteiger partial charge is 0.495 e. The molecule has 0 aromatic heterocycles. The average molecular weight is 528 g/mol. The third-order valence-corrected chi connectivity index (χ3v) is 6.95. The summed E-state index contributed by atoms with van der Waals surface area (Å²) in [5.74, 6) is 1.69. The van der Waals surface area contributed by atoms with E-state index >= 15 is 0 Å². The Bertz CT molecular complexity index is 980. The lowest BCUT2D eigenvalue weighted by Crippen LogP contribution is -2.57. The zero-order chi connectivity index (χ0) is 27.4. The number of likely N-dealkylation sites (tertiary alicyclic amines) is 1. The summed E-state index contributed by atoms with van der Waals surface area (Å²) in [5.41, 5.74) is 2.69. The van der Waals surface area contributed by atoms with Crippen molar-refractivity contribution < 1.29 is 32.5 Å². The zero-order valence-electron chi connectivity index (χ0n) is 21.8. The molecule has 0 aliphatic carbocycles. The van der Waals surface area contributed by atoms with E-state index in [1.54, 1.807) is 27.0 Å². The summed E-state index contributed by atoms with van der Waals surface area (Å²) in [6.07, 6.45) is -1.98. The molecule has 2 N–H and O–H groups in total. The van der Waals surface area contributed by atoms with Crippen LogP contribution in [-0.4, -0.2) is 85.5 Å². The van der Waals surface area contributed by atoms with Gasteiger partial charge in [-0.2, -0.15) is 18.3 Å². The lowest BCUT2D eigenvalue weighted by atomic mass is 9.84. The Morgan fingerprint density at radius 1 is 1.05 bits per heavy atom. The van der Waals surface area contributed by atoms with Crippen molar-refractivity contribution in [3.63, 3.8) is 0 Å². The van der Waals surface area contributed by atoms with Gasteiger partial charge in [-0.1, -0.05) is 26.8 Å². The van der Waals surface area contributed by atoms with Crippen LogP contribution in [0, 0.1) is 12.3 Å². The highest BCUT2D eigenvalue weighted by molar-refractivity contribution is 5.81. The Balaban J connectivity index is 1.53. The molecule has 37 heavy (non-hydrogen) atoms. The molecule has 1 unspecified atom stereocenters. The van der Waals surface area contributed by atoms with Crippen molar-refractivity contribution in [2.45, 2.75) is 58.8 Å². The van der Waals surface area contributed by atoms with Gasteiger partial charge >= 0.3 is 18.1 Å². The summed E-state index contributed by atoms with van der Waals surface area (Å²) in [7, 11) is 0. The summed E-state index contributed by atoms with van der Waals surface area (Å²) in [6.45, 7) is 12.2. The van der Waals surface area contributed by atoms with Gasteiger partial charge in [0.15, 0.2) is 0 Å². The van der Waals surface area contributed by atoms with Crippen LogP contribution in [0.5, 0.6) is 0 Å². The highest BCUT2D eigenvalue weighted by Crippen LogP contribution is 2.30. The maximum atomic E-state index is 12.6. The van der Waals surface area contributed by atoms with E-state index in [9.17, 15) is 22.8 Å². The molecule has 0 saturated carbocycles. The molecule has 9 nitrogen and oxygen atoms in total. The minimum atomic E-state index is -5.23. The van der Waals surface area contributed by atoms with Crippen molar-refractivity contribution in [3.8, 4) is 0 Å². The first-order valence-corrected chi connectivity index (χ1v) is 12.4. The van der Waals surface area contributed by atoms with E-state index in [0.717, 1.165) is 44.6 Å². The number of halogens is 3. The van der Waals surface area contributed by atoms with Gasteiger partial charge in [-0.15, -0.1) is 0 Å². The second-order valence-corrected chi connectivity index (χ2v) is 10.7. The molecule has 2 heterocycles. The summed E-state index contributed by atoms with van der Waals surface area (Å²) in [6, 6.07) is 5.66. The number of nitrogens with two attached hydrogens (primary N) is 1. The van der Waals surface area contributed by atoms with Gasteiger partial charge in [-0.05, 0) is 48.4 Å². The van der Waals surface area contributed by atoms with Gasteiger partial charge in [0, 0.05) is 51.0 Å². The molecule has 0 spiro atoms. The first-order chi connectivity index (χ1) is 17.3. The average Bonchev–Trinajstić information content (AvgIpc) is 2.82. The zero-order valence-corrected chi connectivity index (χ0v) is 21.8. The molecular formula is C25H36F3N5O4. The Labute approximate surface area is 215 Å². The molecule has 2 saturated heterocycles. The Morgan fingerprint density at radius 3 is 2.19 bits per heavy atom. The highest BCUT2D eigenvalue weighted by atomic mass is 19.4. The van der Waals surface area contributed by atoms with Crippen LogP contribution in [-0.2, 0) is 19.4 Å². The first kappa shape index (κ1) is 28.7. The fourth-order valence-electron chi connectivity index (χ4n) is 5.26. The molecule has 1 atom stereocenters. The minimum Gasteiger partial charge on any atom is -0.369 e. The molecule has 3 rings (SSSR count). The van der Waals surface area contributed by atoms with E-state index in [0.29, 0.717) is 19.1 Å². The summed E-state index contributed by atoms with van der Waals surface area (Å²) < 4.78 is 37.2. The lowest BCUT2D eigenvalue weighted by Gasteiger charge is -2.46. The van der Waals surface area contributed by atoms with E-state index < -0.39 is 29.6 Å². The van der Waals surface area contributed by atoms with Crippen molar-refractivity contribution in [1.82, 2.24) is 9.80 Å². The molecule has 2 aliphatic rings. The second-order valence-electron chi connectivity index (χ2n) is 10.7.